The zero-order valence-electron chi connectivity index (χ0n) is 9.46. The molecule has 3 N–H and O–H groups in total. The van der Waals surface area contributed by atoms with Gasteiger partial charge in [-0.1, -0.05) is 24.3 Å². The van der Waals surface area contributed by atoms with Gasteiger partial charge in [-0.2, -0.15) is 0 Å². The van der Waals surface area contributed by atoms with Crippen molar-refractivity contribution < 1.29 is 8.42 Å². The van der Waals surface area contributed by atoms with Crippen LogP contribution in [0, 0.1) is 0 Å². The largest absolute Gasteiger partial charge is 0.326 e. The molecule has 0 spiro atoms. The fraction of sp³-hybridized carbons (Fsp3) is 0.333. The van der Waals surface area contributed by atoms with E-state index in [1.54, 1.807) is 24.3 Å². The summed E-state index contributed by atoms with van der Waals surface area (Å²) in [5.41, 5.74) is 6.39. The quantitative estimate of drug-likeness (QED) is 0.789. The average Bonchev–Trinajstić information content (AvgIpc) is 2.81. The topological polar surface area (TPSA) is 72.2 Å². The Labute approximate surface area is 102 Å². The number of rotatable bonds is 4. The van der Waals surface area contributed by atoms with E-state index in [1.807, 2.05) is 12.2 Å². The molecule has 1 aromatic carbocycles. The maximum Gasteiger partial charge on any atom is 0.240 e. The van der Waals surface area contributed by atoms with Crippen molar-refractivity contribution in [3.05, 3.63) is 42.0 Å². The predicted molar refractivity (Wildman–Crippen MR) is 66.8 cm³/mol. The molecule has 92 valence electrons. The van der Waals surface area contributed by atoms with Gasteiger partial charge >= 0.3 is 0 Å². The van der Waals surface area contributed by atoms with Crippen molar-refractivity contribution in [2.75, 3.05) is 0 Å². The number of sulfonamides is 1. The Bertz CT molecular complexity index is 498. The van der Waals surface area contributed by atoms with Crippen molar-refractivity contribution in [3.63, 3.8) is 0 Å². The molecule has 17 heavy (non-hydrogen) atoms. The maximum atomic E-state index is 12.0. The van der Waals surface area contributed by atoms with E-state index < -0.39 is 10.0 Å². The first-order chi connectivity index (χ1) is 8.12. The van der Waals surface area contributed by atoms with Crippen LogP contribution in [0.25, 0.3) is 0 Å². The maximum absolute atomic E-state index is 12.0. The molecular formula is C12H16N2O2S. The summed E-state index contributed by atoms with van der Waals surface area (Å²) in [7, 11) is -3.40. The third-order valence-corrected chi connectivity index (χ3v) is 4.34. The molecule has 1 aliphatic rings. The normalized spacial score (nSPS) is 16.5. The van der Waals surface area contributed by atoms with E-state index in [0.717, 1.165) is 18.4 Å². The van der Waals surface area contributed by atoms with Gasteiger partial charge in [0.1, 0.15) is 0 Å². The summed E-state index contributed by atoms with van der Waals surface area (Å²) in [4.78, 5) is 0.293. The zero-order chi connectivity index (χ0) is 12.3. The molecule has 0 aromatic heterocycles. The van der Waals surface area contributed by atoms with Gasteiger partial charge in [0.25, 0.3) is 0 Å². The van der Waals surface area contributed by atoms with Gasteiger partial charge in [0.05, 0.1) is 4.90 Å². The Kier molecular flexibility index (Phi) is 3.61. The number of hydrogen-bond acceptors (Lipinski definition) is 3. The van der Waals surface area contributed by atoms with Gasteiger partial charge in [0.2, 0.25) is 10.0 Å². The second-order valence-electron chi connectivity index (χ2n) is 4.11. The summed E-state index contributed by atoms with van der Waals surface area (Å²) in [6.07, 6.45) is 5.51. The molecule has 0 radical (unpaired) electrons. The first-order valence-corrected chi connectivity index (χ1v) is 7.06. The van der Waals surface area contributed by atoms with Crippen LogP contribution in [0.5, 0.6) is 0 Å². The van der Waals surface area contributed by atoms with Crippen molar-refractivity contribution in [1.82, 2.24) is 4.72 Å². The van der Waals surface area contributed by atoms with Crippen LogP contribution in [-0.4, -0.2) is 14.5 Å². The fourth-order valence-corrected chi connectivity index (χ4v) is 3.07. The lowest BCUT2D eigenvalue weighted by molar-refractivity contribution is 0.557. The standard InChI is InChI=1S/C12H16N2O2S/c13-9-10-5-7-12(8-6-10)17(15,16)14-11-3-1-2-4-11/h1-2,5-8,11,14H,3-4,9,13H2. The van der Waals surface area contributed by atoms with E-state index in [0.29, 0.717) is 11.4 Å². The molecule has 0 fully saturated rings. The third kappa shape index (κ3) is 2.94. The molecule has 0 amide bonds. The summed E-state index contributed by atoms with van der Waals surface area (Å²) in [5.74, 6) is 0. The molecule has 0 bridgehead atoms. The van der Waals surface area contributed by atoms with Gasteiger partial charge in [-0.3, -0.25) is 0 Å². The van der Waals surface area contributed by atoms with E-state index >= 15 is 0 Å². The van der Waals surface area contributed by atoms with Crippen molar-refractivity contribution >= 4 is 10.0 Å². The second kappa shape index (κ2) is 5.00. The number of benzene rings is 1. The average molecular weight is 252 g/mol. The highest BCUT2D eigenvalue weighted by molar-refractivity contribution is 7.89. The minimum absolute atomic E-state index is 0.00538. The molecule has 5 heteroatoms. The molecular weight excluding hydrogens is 236 g/mol. The highest BCUT2D eigenvalue weighted by atomic mass is 32.2. The van der Waals surface area contributed by atoms with Crippen molar-refractivity contribution in [1.29, 1.82) is 0 Å². The minimum atomic E-state index is -3.40. The SMILES string of the molecule is NCc1ccc(S(=O)(=O)NC2CC=CC2)cc1. The number of nitrogens with one attached hydrogen (secondary N) is 1. The van der Waals surface area contributed by atoms with Crippen LogP contribution in [0.15, 0.2) is 41.3 Å². The molecule has 1 aliphatic carbocycles. The third-order valence-electron chi connectivity index (χ3n) is 2.80. The number of hydrogen-bond donors (Lipinski definition) is 2. The van der Waals surface area contributed by atoms with Crippen LogP contribution in [0.3, 0.4) is 0 Å². The smallest absolute Gasteiger partial charge is 0.240 e. The lowest BCUT2D eigenvalue weighted by Crippen LogP contribution is -2.32. The summed E-state index contributed by atoms with van der Waals surface area (Å²) in [5, 5.41) is 0. The summed E-state index contributed by atoms with van der Waals surface area (Å²) < 4.78 is 26.7. The zero-order valence-corrected chi connectivity index (χ0v) is 10.3. The highest BCUT2D eigenvalue weighted by Gasteiger charge is 2.20. The second-order valence-corrected chi connectivity index (χ2v) is 5.82. The molecule has 0 heterocycles. The highest BCUT2D eigenvalue weighted by Crippen LogP contribution is 2.15. The lowest BCUT2D eigenvalue weighted by Gasteiger charge is -2.12. The van der Waals surface area contributed by atoms with Crippen molar-refractivity contribution in [3.8, 4) is 0 Å². The monoisotopic (exact) mass is 252 g/mol. The van der Waals surface area contributed by atoms with Crippen LogP contribution >= 0.6 is 0 Å². The summed E-state index contributed by atoms with van der Waals surface area (Å²) in [6, 6.07) is 6.65. The Morgan fingerprint density at radius 1 is 1.18 bits per heavy atom. The van der Waals surface area contributed by atoms with Gasteiger partial charge in [0, 0.05) is 12.6 Å². The molecule has 0 aliphatic heterocycles. The van der Waals surface area contributed by atoms with Crippen molar-refractivity contribution in [2.45, 2.75) is 30.3 Å². The van der Waals surface area contributed by atoms with Crippen LogP contribution in [-0.2, 0) is 16.6 Å². The Hall–Kier alpha value is -1.17. The van der Waals surface area contributed by atoms with Gasteiger partial charge < -0.3 is 5.73 Å². The van der Waals surface area contributed by atoms with E-state index in [-0.39, 0.29) is 6.04 Å². The molecule has 0 saturated carbocycles. The van der Waals surface area contributed by atoms with E-state index in [1.165, 1.54) is 0 Å². The number of nitrogens with two attached hydrogens (primary N) is 1. The molecule has 0 atom stereocenters. The Balaban J connectivity index is 2.13. The molecule has 1 aromatic rings. The first-order valence-electron chi connectivity index (χ1n) is 5.58. The molecule has 4 nitrogen and oxygen atoms in total. The fourth-order valence-electron chi connectivity index (χ4n) is 1.81. The lowest BCUT2D eigenvalue weighted by atomic mass is 10.2. The van der Waals surface area contributed by atoms with Crippen LogP contribution in [0.4, 0.5) is 0 Å². The van der Waals surface area contributed by atoms with E-state index in [9.17, 15) is 8.42 Å². The Morgan fingerprint density at radius 3 is 2.29 bits per heavy atom. The van der Waals surface area contributed by atoms with Crippen LogP contribution < -0.4 is 10.5 Å². The van der Waals surface area contributed by atoms with Crippen molar-refractivity contribution in [2.24, 2.45) is 5.73 Å². The minimum Gasteiger partial charge on any atom is -0.326 e. The van der Waals surface area contributed by atoms with Gasteiger partial charge in [-0.25, -0.2) is 13.1 Å². The summed E-state index contributed by atoms with van der Waals surface area (Å²) in [6.45, 7) is 0.417. The van der Waals surface area contributed by atoms with Gasteiger partial charge in [-0.15, -0.1) is 0 Å². The van der Waals surface area contributed by atoms with Gasteiger partial charge in [0.15, 0.2) is 0 Å². The van der Waals surface area contributed by atoms with E-state index in [2.05, 4.69) is 4.72 Å². The molecule has 0 saturated heterocycles. The predicted octanol–water partition coefficient (Wildman–Crippen LogP) is 1.14. The van der Waals surface area contributed by atoms with Crippen LogP contribution in [0.1, 0.15) is 18.4 Å². The first kappa shape index (κ1) is 12.3. The molecule has 0 unspecified atom stereocenters. The van der Waals surface area contributed by atoms with Gasteiger partial charge in [-0.05, 0) is 30.5 Å². The van der Waals surface area contributed by atoms with Crippen LogP contribution in [0.2, 0.25) is 0 Å². The Morgan fingerprint density at radius 2 is 1.76 bits per heavy atom. The van der Waals surface area contributed by atoms with E-state index in [4.69, 9.17) is 5.73 Å². The summed E-state index contributed by atoms with van der Waals surface area (Å²) >= 11 is 0. The molecule has 2 rings (SSSR count).